The number of ether oxygens (including phenoxy) is 4. The minimum absolute atomic E-state index is 0.0251. The van der Waals surface area contributed by atoms with E-state index < -0.39 is 0 Å². The largest absolute Gasteiger partial charge is 0.465 e. The molecule has 0 heterocycles. The molecule has 4 rings (SSSR count). The van der Waals surface area contributed by atoms with E-state index in [-0.39, 0.29) is 72.0 Å². The molecular weight excluding hydrogens is 805 g/mol. The van der Waals surface area contributed by atoms with E-state index in [0.29, 0.717) is 32.3 Å². The Morgan fingerprint density at radius 3 is 0.984 bits per heavy atom. The van der Waals surface area contributed by atoms with Gasteiger partial charge in [0.15, 0.2) is 0 Å². The van der Waals surface area contributed by atoms with Gasteiger partial charge in [-0.05, 0) is 134 Å². The summed E-state index contributed by atoms with van der Waals surface area (Å²) < 4.78 is 21.0. The van der Waals surface area contributed by atoms with Crippen molar-refractivity contribution in [2.45, 2.75) is 245 Å². The Hall–Kier alpha value is -2.28. The van der Waals surface area contributed by atoms with Crippen molar-refractivity contribution in [2.24, 2.45) is 29.6 Å². The number of esters is 4. The fourth-order valence-electron chi connectivity index (χ4n) is 8.36. The molecule has 0 aromatic rings. The fraction of sp³-hybridized carbons (Fsp3) is 0.922. The smallest absolute Gasteiger partial charge is 0.308 e. The standard InChI is InChI=1S/C15H28O3.C13H24O3.C12H22O3.C11H20O3/c1-3-5-6-12(4-2)11-18-15(17)13-7-9-14(16)10-8-13;1-2-3-4-5-10-16-13(15)11-6-8-12(14)9-7-11;1-2-3-4-9-15-12(14)10-5-7-11(13)8-6-10;1-2-3-8-14-11(13)9-4-6-10(12)7-5-9/h12-14,16H,3-11H2,1-2H3;11-12,14H,2-10H2,1H3;10-11,13H,2-9H2,1H3;9-10,12H,2-8H2,1H3. The predicted molar refractivity (Wildman–Crippen MR) is 248 cm³/mol. The summed E-state index contributed by atoms with van der Waals surface area (Å²) in [4.78, 5) is 46.6. The first kappa shape index (κ1) is 58.7. The molecule has 12 heteroatoms. The lowest BCUT2D eigenvalue weighted by atomic mass is 9.87. The van der Waals surface area contributed by atoms with Crippen molar-refractivity contribution in [3.63, 3.8) is 0 Å². The van der Waals surface area contributed by atoms with Gasteiger partial charge in [-0.15, -0.1) is 0 Å². The Bertz CT molecular complexity index is 1130. The van der Waals surface area contributed by atoms with Crippen LogP contribution in [0, 0.1) is 29.6 Å². The second kappa shape index (κ2) is 37.9. The Kier molecular flexibility index (Phi) is 35.3. The van der Waals surface area contributed by atoms with Crippen molar-refractivity contribution in [1.29, 1.82) is 0 Å². The molecule has 4 aliphatic carbocycles. The second-order valence-corrected chi connectivity index (χ2v) is 18.7. The van der Waals surface area contributed by atoms with Gasteiger partial charge in [-0.25, -0.2) is 0 Å². The van der Waals surface area contributed by atoms with Gasteiger partial charge in [-0.1, -0.05) is 92.4 Å². The molecule has 1 unspecified atom stereocenters. The molecule has 0 amide bonds. The van der Waals surface area contributed by atoms with E-state index in [1.165, 1.54) is 25.7 Å². The molecular formula is C51H94O12. The van der Waals surface area contributed by atoms with Crippen molar-refractivity contribution in [2.75, 3.05) is 26.4 Å². The molecule has 4 fully saturated rings. The molecule has 1 atom stereocenters. The van der Waals surface area contributed by atoms with E-state index in [1.807, 2.05) is 0 Å². The summed E-state index contributed by atoms with van der Waals surface area (Å²) in [5, 5.41) is 37.3. The van der Waals surface area contributed by atoms with Crippen LogP contribution in [-0.4, -0.2) is 95.1 Å². The zero-order chi connectivity index (χ0) is 46.7. The van der Waals surface area contributed by atoms with E-state index in [2.05, 4.69) is 34.6 Å². The number of rotatable bonds is 22. The van der Waals surface area contributed by atoms with Gasteiger partial charge in [0.25, 0.3) is 0 Å². The summed E-state index contributed by atoms with van der Waals surface area (Å²) in [6.07, 6.45) is 25.9. The van der Waals surface area contributed by atoms with Crippen molar-refractivity contribution >= 4 is 23.9 Å². The summed E-state index contributed by atoms with van der Waals surface area (Å²) in [6.45, 7) is 13.0. The molecule has 0 aliphatic heterocycles. The van der Waals surface area contributed by atoms with Crippen LogP contribution in [0.25, 0.3) is 0 Å². The van der Waals surface area contributed by atoms with Gasteiger partial charge in [0.2, 0.25) is 0 Å². The van der Waals surface area contributed by atoms with E-state index >= 15 is 0 Å². The molecule has 0 aromatic heterocycles. The van der Waals surface area contributed by atoms with E-state index in [1.54, 1.807) is 0 Å². The van der Waals surface area contributed by atoms with Gasteiger partial charge in [-0.3, -0.25) is 19.2 Å². The van der Waals surface area contributed by atoms with Gasteiger partial charge < -0.3 is 39.4 Å². The summed E-state index contributed by atoms with van der Waals surface area (Å²) >= 11 is 0. The minimum atomic E-state index is -0.206. The highest BCUT2D eigenvalue weighted by molar-refractivity contribution is 5.73. The highest BCUT2D eigenvalue weighted by Gasteiger charge is 2.29. The van der Waals surface area contributed by atoms with Crippen LogP contribution in [0.1, 0.15) is 221 Å². The average Bonchev–Trinajstić information content (AvgIpc) is 3.29. The number of hydrogen-bond donors (Lipinski definition) is 4. The number of aliphatic hydroxyl groups excluding tert-OH is 4. The first-order chi connectivity index (χ1) is 30.4. The molecule has 4 saturated carbocycles. The predicted octanol–water partition coefficient (Wildman–Crippen LogP) is 10.1. The molecule has 0 saturated heterocycles. The summed E-state index contributed by atoms with van der Waals surface area (Å²) in [5.41, 5.74) is 0. The second-order valence-electron chi connectivity index (χ2n) is 18.7. The van der Waals surface area contributed by atoms with Crippen LogP contribution in [0.15, 0.2) is 0 Å². The van der Waals surface area contributed by atoms with Crippen molar-refractivity contribution < 1.29 is 58.6 Å². The monoisotopic (exact) mass is 899 g/mol. The van der Waals surface area contributed by atoms with Crippen LogP contribution in [0.3, 0.4) is 0 Å². The lowest BCUT2D eigenvalue weighted by Crippen LogP contribution is -2.27. The Morgan fingerprint density at radius 1 is 0.381 bits per heavy atom. The van der Waals surface area contributed by atoms with Crippen LogP contribution in [0.4, 0.5) is 0 Å². The van der Waals surface area contributed by atoms with Gasteiger partial charge in [0.1, 0.15) is 0 Å². The number of unbranched alkanes of at least 4 members (excludes halogenated alkanes) is 7. The topological polar surface area (TPSA) is 186 Å². The van der Waals surface area contributed by atoms with Crippen molar-refractivity contribution in [1.82, 2.24) is 0 Å². The van der Waals surface area contributed by atoms with Crippen LogP contribution < -0.4 is 0 Å². The SMILES string of the molecule is CCCCC(CC)COC(=O)C1CCC(O)CC1.CCCCCCOC(=O)C1CCC(O)CC1.CCCCCOC(=O)C1CCC(O)CC1.CCCCOC(=O)C1CCC(O)CC1. The van der Waals surface area contributed by atoms with Gasteiger partial charge in [-0.2, -0.15) is 0 Å². The molecule has 0 bridgehead atoms. The summed E-state index contributed by atoms with van der Waals surface area (Å²) in [6, 6.07) is 0. The number of carbonyl (C=O) groups is 4. The Morgan fingerprint density at radius 2 is 0.667 bits per heavy atom. The third-order valence-electron chi connectivity index (χ3n) is 13.1. The van der Waals surface area contributed by atoms with Gasteiger partial charge >= 0.3 is 23.9 Å². The van der Waals surface area contributed by atoms with Gasteiger partial charge in [0.05, 0.1) is 74.5 Å². The molecule has 63 heavy (non-hydrogen) atoms. The van der Waals surface area contributed by atoms with Crippen molar-refractivity contribution in [3.05, 3.63) is 0 Å². The highest BCUT2D eigenvalue weighted by Crippen LogP contribution is 2.28. The van der Waals surface area contributed by atoms with E-state index in [4.69, 9.17) is 18.9 Å². The Labute approximate surface area is 382 Å². The van der Waals surface area contributed by atoms with Gasteiger partial charge in [0, 0.05) is 0 Å². The normalized spacial score (nSPS) is 26.1. The summed E-state index contributed by atoms with van der Waals surface area (Å²) in [5.74, 6) is 0.434. The van der Waals surface area contributed by atoms with E-state index in [9.17, 15) is 39.6 Å². The first-order valence-corrected chi connectivity index (χ1v) is 25.8. The van der Waals surface area contributed by atoms with Crippen molar-refractivity contribution in [3.8, 4) is 0 Å². The third-order valence-corrected chi connectivity index (χ3v) is 13.1. The fourth-order valence-corrected chi connectivity index (χ4v) is 8.36. The van der Waals surface area contributed by atoms with Crippen LogP contribution in [0.2, 0.25) is 0 Å². The van der Waals surface area contributed by atoms with Crippen LogP contribution in [0.5, 0.6) is 0 Å². The van der Waals surface area contributed by atoms with E-state index in [0.717, 1.165) is 161 Å². The van der Waals surface area contributed by atoms with Crippen LogP contribution >= 0.6 is 0 Å². The molecule has 12 nitrogen and oxygen atoms in total. The van der Waals surface area contributed by atoms with Crippen LogP contribution in [-0.2, 0) is 38.1 Å². The quantitative estimate of drug-likeness (QED) is 0.0459. The molecule has 0 spiro atoms. The lowest BCUT2D eigenvalue weighted by molar-refractivity contribution is -0.152. The zero-order valence-electron chi connectivity index (χ0n) is 40.6. The number of carbonyl (C=O) groups excluding carboxylic acids is 4. The third kappa shape index (κ3) is 29.1. The maximum absolute atomic E-state index is 11.9. The number of hydrogen-bond acceptors (Lipinski definition) is 12. The highest BCUT2D eigenvalue weighted by atomic mass is 16.5. The molecule has 0 radical (unpaired) electrons. The average molecular weight is 899 g/mol. The Balaban J connectivity index is 0.000000422. The maximum Gasteiger partial charge on any atom is 0.308 e. The molecule has 0 aromatic carbocycles. The zero-order valence-corrected chi connectivity index (χ0v) is 40.6. The minimum Gasteiger partial charge on any atom is -0.465 e. The number of aliphatic hydroxyl groups is 4. The summed E-state index contributed by atoms with van der Waals surface area (Å²) in [7, 11) is 0. The molecule has 370 valence electrons. The molecule has 4 aliphatic rings. The molecule has 4 N–H and O–H groups in total. The lowest BCUT2D eigenvalue weighted by Gasteiger charge is -2.24. The first-order valence-electron chi connectivity index (χ1n) is 25.8. The maximum atomic E-state index is 11.9.